The van der Waals surface area contributed by atoms with Gasteiger partial charge in [-0.15, -0.1) is 0 Å². The van der Waals surface area contributed by atoms with Crippen molar-refractivity contribution in [2.45, 2.75) is 19.8 Å². The molecule has 0 aliphatic heterocycles. The maximum Gasteiger partial charge on any atom is 0.251 e. The van der Waals surface area contributed by atoms with Crippen LogP contribution in [0.5, 0.6) is 0 Å². The number of halogens is 1. The van der Waals surface area contributed by atoms with Gasteiger partial charge in [0, 0.05) is 22.5 Å². The maximum atomic E-state index is 11.8. The maximum absolute atomic E-state index is 11.8. The first-order chi connectivity index (χ1) is 8.06. The zero-order valence-corrected chi connectivity index (χ0v) is 10.5. The molecule has 2 rings (SSSR count). The van der Waals surface area contributed by atoms with E-state index in [9.17, 15) is 4.79 Å². The smallest absolute Gasteiger partial charge is 0.251 e. The third-order valence-corrected chi connectivity index (χ3v) is 3.76. The Kier molecular flexibility index (Phi) is 3.40. The third kappa shape index (κ3) is 2.79. The summed E-state index contributed by atoms with van der Waals surface area (Å²) in [5.74, 6) is -0.133. The summed E-state index contributed by atoms with van der Waals surface area (Å²) >= 11 is 5.97. The van der Waals surface area contributed by atoms with Crippen molar-refractivity contribution >= 4 is 17.5 Å². The summed E-state index contributed by atoms with van der Waals surface area (Å²) in [7, 11) is 0. The number of benzene rings is 1. The van der Waals surface area contributed by atoms with Crippen molar-refractivity contribution in [3.8, 4) is 0 Å². The van der Waals surface area contributed by atoms with Crippen molar-refractivity contribution < 1.29 is 9.90 Å². The van der Waals surface area contributed by atoms with Gasteiger partial charge in [-0.25, -0.2) is 0 Å². The molecule has 0 spiro atoms. The van der Waals surface area contributed by atoms with Gasteiger partial charge in [-0.05, 0) is 37.5 Å². The molecule has 1 aliphatic rings. The first-order valence-electron chi connectivity index (χ1n) is 5.72. The number of carbonyl (C=O) groups excluding carboxylic acids is 1. The number of nitrogens with one attached hydrogen (secondary N) is 1. The highest BCUT2D eigenvalue weighted by atomic mass is 35.5. The van der Waals surface area contributed by atoms with E-state index in [2.05, 4.69) is 5.32 Å². The number of aryl methyl sites for hydroxylation is 1. The molecular formula is C13H16ClNO2. The van der Waals surface area contributed by atoms with E-state index in [0.29, 0.717) is 17.1 Å². The fourth-order valence-corrected chi connectivity index (χ4v) is 1.85. The summed E-state index contributed by atoms with van der Waals surface area (Å²) < 4.78 is 0. The van der Waals surface area contributed by atoms with Gasteiger partial charge in [-0.1, -0.05) is 17.7 Å². The second kappa shape index (κ2) is 4.67. The van der Waals surface area contributed by atoms with Crippen molar-refractivity contribution in [1.29, 1.82) is 0 Å². The Morgan fingerprint density at radius 1 is 1.53 bits per heavy atom. The molecule has 1 aromatic rings. The van der Waals surface area contributed by atoms with Crippen LogP contribution in [-0.2, 0) is 0 Å². The van der Waals surface area contributed by atoms with Crippen LogP contribution >= 0.6 is 11.6 Å². The molecule has 1 saturated carbocycles. The van der Waals surface area contributed by atoms with Crippen LogP contribution in [0.2, 0.25) is 5.02 Å². The van der Waals surface area contributed by atoms with Gasteiger partial charge in [0.25, 0.3) is 5.91 Å². The number of hydrogen-bond donors (Lipinski definition) is 2. The Bertz CT molecular complexity index is 441. The van der Waals surface area contributed by atoms with Crippen LogP contribution in [0.4, 0.5) is 0 Å². The number of rotatable bonds is 4. The lowest BCUT2D eigenvalue weighted by Gasteiger charge is -2.13. The molecule has 2 N–H and O–H groups in total. The Hall–Kier alpha value is -1.06. The van der Waals surface area contributed by atoms with Gasteiger partial charge in [0.05, 0.1) is 6.61 Å². The van der Waals surface area contributed by atoms with Crippen molar-refractivity contribution in [1.82, 2.24) is 5.32 Å². The lowest BCUT2D eigenvalue weighted by Crippen LogP contribution is -2.31. The summed E-state index contributed by atoms with van der Waals surface area (Å²) in [6.45, 7) is 2.57. The predicted molar refractivity (Wildman–Crippen MR) is 67.3 cm³/mol. The summed E-state index contributed by atoms with van der Waals surface area (Å²) in [5, 5.41) is 12.6. The summed E-state index contributed by atoms with van der Waals surface area (Å²) in [4.78, 5) is 11.8. The van der Waals surface area contributed by atoms with E-state index in [1.165, 1.54) is 0 Å². The fraction of sp³-hybridized carbons (Fsp3) is 0.462. The molecule has 1 aromatic carbocycles. The average Bonchev–Trinajstić information content (AvgIpc) is 3.10. The van der Waals surface area contributed by atoms with E-state index in [4.69, 9.17) is 16.7 Å². The van der Waals surface area contributed by atoms with Gasteiger partial charge in [0.2, 0.25) is 0 Å². The Morgan fingerprint density at radius 3 is 2.76 bits per heavy atom. The lowest BCUT2D eigenvalue weighted by molar-refractivity contribution is 0.0935. The number of aliphatic hydroxyl groups is 1. The number of hydrogen-bond acceptors (Lipinski definition) is 2. The largest absolute Gasteiger partial charge is 0.396 e. The molecule has 1 fully saturated rings. The van der Waals surface area contributed by atoms with Crippen molar-refractivity contribution in [3.05, 3.63) is 34.3 Å². The molecule has 0 unspecified atom stereocenters. The first-order valence-corrected chi connectivity index (χ1v) is 6.09. The van der Waals surface area contributed by atoms with E-state index < -0.39 is 0 Å². The van der Waals surface area contributed by atoms with Gasteiger partial charge in [-0.2, -0.15) is 0 Å². The van der Waals surface area contributed by atoms with Crippen molar-refractivity contribution in [3.63, 3.8) is 0 Å². The highest BCUT2D eigenvalue weighted by Gasteiger charge is 2.42. The molecule has 1 amide bonds. The third-order valence-electron chi connectivity index (χ3n) is 3.35. The minimum atomic E-state index is -0.133. The molecule has 0 saturated heterocycles. The molecule has 4 heteroatoms. The predicted octanol–water partition coefficient (Wildman–Crippen LogP) is 2.15. The molecule has 0 heterocycles. The van der Waals surface area contributed by atoms with Crippen molar-refractivity contribution in [2.24, 2.45) is 5.41 Å². The minimum absolute atomic E-state index is 0.0653. The quantitative estimate of drug-likeness (QED) is 0.864. The van der Waals surface area contributed by atoms with E-state index in [1.54, 1.807) is 12.1 Å². The molecule has 3 nitrogen and oxygen atoms in total. The highest BCUT2D eigenvalue weighted by molar-refractivity contribution is 6.31. The summed E-state index contributed by atoms with van der Waals surface area (Å²) in [5.41, 5.74) is 1.45. The summed E-state index contributed by atoms with van der Waals surface area (Å²) in [6, 6.07) is 5.26. The van der Waals surface area contributed by atoms with Gasteiger partial charge in [0.15, 0.2) is 0 Å². The highest BCUT2D eigenvalue weighted by Crippen LogP contribution is 2.44. The van der Waals surface area contributed by atoms with Crippen molar-refractivity contribution in [2.75, 3.05) is 13.2 Å². The van der Waals surface area contributed by atoms with Crippen LogP contribution in [0.3, 0.4) is 0 Å². The van der Waals surface area contributed by atoms with E-state index >= 15 is 0 Å². The number of carbonyl (C=O) groups is 1. The molecule has 0 bridgehead atoms. The van der Waals surface area contributed by atoms with Gasteiger partial charge in [-0.3, -0.25) is 4.79 Å². The van der Waals surface area contributed by atoms with E-state index in [1.807, 2.05) is 13.0 Å². The number of aliphatic hydroxyl groups excluding tert-OH is 1. The molecular weight excluding hydrogens is 238 g/mol. The Balaban J connectivity index is 1.97. The molecule has 92 valence electrons. The standard InChI is InChI=1S/C13H16ClNO2/c1-9-2-3-10(6-11(9)14)12(17)15-7-13(8-16)4-5-13/h2-3,6,16H,4-5,7-8H2,1H3,(H,15,17). The first kappa shape index (κ1) is 12.4. The van der Waals surface area contributed by atoms with Crippen LogP contribution < -0.4 is 5.32 Å². The molecule has 0 radical (unpaired) electrons. The zero-order chi connectivity index (χ0) is 12.5. The average molecular weight is 254 g/mol. The molecule has 1 aliphatic carbocycles. The van der Waals surface area contributed by atoms with E-state index in [-0.39, 0.29) is 17.9 Å². The zero-order valence-electron chi connectivity index (χ0n) is 9.79. The van der Waals surface area contributed by atoms with E-state index in [0.717, 1.165) is 18.4 Å². The van der Waals surface area contributed by atoms with Crippen LogP contribution in [0.1, 0.15) is 28.8 Å². The summed E-state index contributed by atoms with van der Waals surface area (Å²) in [6.07, 6.45) is 1.97. The molecule has 0 atom stereocenters. The van der Waals surface area contributed by atoms with Gasteiger partial charge < -0.3 is 10.4 Å². The normalized spacial score (nSPS) is 16.6. The van der Waals surface area contributed by atoms with Gasteiger partial charge >= 0.3 is 0 Å². The van der Waals surface area contributed by atoms with Crippen LogP contribution in [-0.4, -0.2) is 24.2 Å². The Morgan fingerprint density at radius 2 is 2.24 bits per heavy atom. The second-order valence-corrected chi connectivity index (χ2v) is 5.21. The van der Waals surface area contributed by atoms with Gasteiger partial charge in [0.1, 0.15) is 0 Å². The lowest BCUT2D eigenvalue weighted by atomic mass is 10.1. The fourth-order valence-electron chi connectivity index (χ4n) is 1.67. The number of amides is 1. The van der Waals surface area contributed by atoms with Crippen LogP contribution in [0.15, 0.2) is 18.2 Å². The monoisotopic (exact) mass is 253 g/mol. The van der Waals surface area contributed by atoms with Crippen LogP contribution in [0.25, 0.3) is 0 Å². The Labute approximate surface area is 106 Å². The topological polar surface area (TPSA) is 49.3 Å². The minimum Gasteiger partial charge on any atom is -0.396 e. The SMILES string of the molecule is Cc1ccc(C(=O)NCC2(CO)CC2)cc1Cl. The molecule has 17 heavy (non-hydrogen) atoms. The van der Waals surface area contributed by atoms with Crippen LogP contribution in [0, 0.1) is 12.3 Å². The molecule has 0 aromatic heterocycles. The second-order valence-electron chi connectivity index (χ2n) is 4.80.